The lowest BCUT2D eigenvalue weighted by Gasteiger charge is -2.32. The number of amides is 1. The molecule has 1 heterocycles. The van der Waals surface area contributed by atoms with Gasteiger partial charge in [-0.2, -0.15) is 0 Å². The van der Waals surface area contributed by atoms with Gasteiger partial charge in [0.05, 0.1) is 11.7 Å². The highest BCUT2D eigenvalue weighted by Crippen LogP contribution is 2.27. The number of aryl methyl sites for hydroxylation is 1. The fourth-order valence-electron chi connectivity index (χ4n) is 3.34. The van der Waals surface area contributed by atoms with Crippen LogP contribution in [0.15, 0.2) is 84.9 Å². The van der Waals surface area contributed by atoms with Crippen molar-refractivity contribution in [2.75, 3.05) is 5.01 Å². The molecule has 3 aromatic carbocycles. The molecule has 1 amide bonds. The number of benzene rings is 3. The van der Waals surface area contributed by atoms with E-state index in [4.69, 9.17) is 0 Å². The number of carbonyl (C=O) groups is 1. The summed E-state index contributed by atoms with van der Waals surface area (Å²) in [5, 5.41) is 1.69. The van der Waals surface area contributed by atoms with Crippen LogP contribution in [0.25, 0.3) is 0 Å². The van der Waals surface area contributed by atoms with Crippen molar-refractivity contribution in [1.82, 2.24) is 5.43 Å². The molecular formula is C22H20N2O. The highest BCUT2D eigenvalue weighted by Gasteiger charge is 2.26. The van der Waals surface area contributed by atoms with Crippen LogP contribution in [0.5, 0.6) is 0 Å². The second-order valence-electron chi connectivity index (χ2n) is 6.26. The first-order chi connectivity index (χ1) is 12.3. The second-order valence-corrected chi connectivity index (χ2v) is 6.26. The maximum atomic E-state index is 13.2. The number of rotatable bonds is 2. The first-order valence-corrected chi connectivity index (χ1v) is 8.61. The van der Waals surface area contributed by atoms with E-state index in [9.17, 15) is 4.79 Å². The molecule has 0 saturated carbocycles. The fraction of sp³-hybridized carbons (Fsp3) is 0.136. The maximum absolute atomic E-state index is 13.2. The Kier molecular flexibility index (Phi) is 4.32. The zero-order valence-electron chi connectivity index (χ0n) is 13.9. The summed E-state index contributed by atoms with van der Waals surface area (Å²) in [6, 6.07) is 28.1. The molecule has 1 unspecified atom stereocenters. The van der Waals surface area contributed by atoms with E-state index in [0.717, 1.165) is 29.7 Å². The molecular weight excluding hydrogens is 308 g/mol. The number of nitrogens with zero attached hydrogens (tertiary/aromatic N) is 1. The Morgan fingerprint density at radius 2 is 1.44 bits per heavy atom. The number of carbonyl (C=O) groups excluding carboxylic acids is 1. The number of nitrogens with one attached hydrogen (secondary N) is 1. The van der Waals surface area contributed by atoms with E-state index in [-0.39, 0.29) is 11.9 Å². The third-order valence-electron chi connectivity index (χ3n) is 4.65. The van der Waals surface area contributed by atoms with Crippen LogP contribution < -0.4 is 10.4 Å². The normalized spacial score (nSPS) is 17.5. The van der Waals surface area contributed by atoms with Gasteiger partial charge in [-0.15, -0.1) is 0 Å². The van der Waals surface area contributed by atoms with Crippen molar-refractivity contribution in [3.8, 4) is 0 Å². The number of para-hydroxylation sites is 1. The van der Waals surface area contributed by atoms with Gasteiger partial charge >= 0.3 is 0 Å². The molecule has 3 nitrogen and oxygen atoms in total. The predicted molar refractivity (Wildman–Crippen MR) is 100 cm³/mol. The molecule has 1 N–H and O–H groups in total. The molecule has 0 saturated heterocycles. The maximum Gasteiger partial charge on any atom is 0.272 e. The lowest BCUT2D eigenvalue weighted by molar-refractivity contribution is 0.0964. The van der Waals surface area contributed by atoms with Crippen molar-refractivity contribution < 1.29 is 4.79 Å². The van der Waals surface area contributed by atoms with Crippen LogP contribution in [-0.4, -0.2) is 5.91 Å². The smallest absolute Gasteiger partial charge is 0.267 e. The average Bonchev–Trinajstić information content (AvgIpc) is 2.68. The molecule has 1 aliphatic rings. The summed E-state index contributed by atoms with van der Waals surface area (Å²) in [4.78, 5) is 13.2. The number of hydrazine groups is 1. The third kappa shape index (κ3) is 3.19. The molecule has 0 bridgehead atoms. The van der Waals surface area contributed by atoms with E-state index >= 15 is 0 Å². The van der Waals surface area contributed by atoms with Crippen LogP contribution in [0.1, 0.15) is 33.9 Å². The van der Waals surface area contributed by atoms with Crippen LogP contribution in [-0.2, 0) is 6.42 Å². The highest BCUT2D eigenvalue weighted by molar-refractivity contribution is 6.06. The van der Waals surface area contributed by atoms with E-state index < -0.39 is 0 Å². The van der Waals surface area contributed by atoms with Crippen LogP contribution in [0.4, 0.5) is 5.69 Å². The number of hydrogen-bond acceptors (Lipinski definition) is 2. The molecule has 3 heteroatoms. The topological polar surface area (TPSA) is 32.3 Å². The molecule has 0 aliphatic carbocycles. The van der Waals surface area contributed by atoms with Gasteiger partial charge in [-0.25, -0.2) is 10.4 Å². The van der Waals surface area contributed by atoms with Gasteiger partial charge in [-0.05, 0) is 42.2 Å². The third-order valence-corrected chi connectivity index (χ3v) is 4.65. The van der Waals surface area contributed by atoms with Crippen molar-refractivity contribution in [2.24, 2.45) is 0 Å². The molecule has 25 heavy (non-hydrogen) atoms. The molecule has 0 fully saturated rings. The second kappa shape index (κ2) is 6.91. The number of hydrogen-bond donors (Lipinski definition) is 1. The van der Waals surface area contributed by atoms with Gasteiger partial charge < -0.3 is 0 Å². The molecule has 124 valence electrons. The first kappa shape index (κ1) is 15.6. The first-order valence-electron chi connectivity index (χ1n) is 8.61. The van der Waals surface area contributed by atoms with Gasteiger partial charge in [0, 0.05) is 5.56 Å². The summed E-state index contributed by atoms with van der Waals surface area (Å²) in [7, 11) is 0. The number of anilines is 1. The highest BCUT2D eigenvalue weighted by atomic mass is 16.2. The minimum Gasteiger partial charge on any atom is -0.267 e. The Hall–Kier alpha value is -2.91. The summed E-state index contributed by atoms with van der Waals surface area (Å²) in [5.74, 6) is -0.0116. The Balaban J connectivity index is 1.78. The Bertz CT molecular complexity index is 861. The standard InChI is InChI=1S/C22H20N2O/c25-22-20-14-8-7-9-17(20)15-16-21(18-10-3-1-4-11-18)23-24(22)19-12-5-2-6-13-19/h1-14,21,23H,15-16H2. The van der Waals surface area contributed by atoms with Gasteiger partial charge in [0.15, 0.2) is 0 Å². The molecule has 3 aromatic rings. The Morgan fingerprint density at radius 1 is 0.800 bits per heavy atom. The zero-order chi connectivity index (χ0) is 17.1. The largest absolute Gasteiger partial charge is 0.272 e. The van der Waals surface area contributed by atoms with Crippen molar-refractivity contribution in [3.05, 3.63) is 102 Å². The average molecular weight is 328 g/mol. The Morgan fingerprint density at radius 3 is 2.20 bits per heavy atom. The minimum absolute atomic E-state index is 0.0116. The van der Waals surface area contributed by atoms with Crippen LogP contribution in [0, 0.1) is 0 Å². The molecule has 1 aliphatic heterocycles. The number of fused-ring (bicyclic) bond motifs is 1. The summed E-state index contributed by atoms with van der Waals surface area (Å²) >= 11 is 0. The van der Waals surface area contributed by atoms with Gasteiger partial charge in [-0.1, -0.05) is 66.7 Å². The fourth-order valence-corrected chi connectivity index (χ4v) is 3.34. The van der Waals surface area contributed by atoms with E-state index in [1.807, 2.05) is 66.7 Å². The zero-order valence-corrected chi connectivity index (χ0v) is 13.9. The summed E-state index contributed by atoms with van der Waals surface area (Å²) < 4.78 is 0. The minimum atomic E-state index is -0.0116. The van der Waals surface area contributed by atoms with Crippen molar-refractivity contribution >= 4 is 11.6 Å². The molecule has 0 aromatic heterocycles. The van der Waals surface area contributed by atoms with Crippen LogP contribution in [0.2, 0.25) is 0 Å². The van der Waals surface area contributed by atoms with E-state index in [1.165, 1.54) is 5.56 Å². The van der Waals surface area contributed by atoms with E-state index in [0.29, 0.717) is 0 Å². The van der Waals surface area contributed by atoms with Crippen molar-refractivity contribution in [3.63, 3.8) is 0 Å². The van der Waals surface area contributed by atoms with Gasteiger partial charge in [0.1, 0.15) is 0 Å². The van der Waals surface area contributed by atoms with E-state index in [1.54, 1.807) is 5.01 Å². The van der Waals surface area contributed by atoms with Gasteiger partial charge in [-0.3, -0.25) is 4.79 Å². The molecule has 4 rings (SSSR count). The van der Waals surface area contributed by atoms with Crippen molar-refractivity contribution in [2.45, 2.75) is 18.9 Å². The lowest BCUT2D eigenvalue weighted by Crippen LogP contribution is -2.46. The molecule has 1 atom stereocenters. The van der Waals surface area contributed by atoms with Gasteiger partial charge in [0.25, 0.3) is 5.91 Å². The molecule has 0 spiro atoms. The quantitative estimate of drug-likeness (QED) is 0.750. The summed E-state index contributed by atoms with van der Waals surface area (Å²) in [5.41, 5.74) is 7.38. The molecule has 0 radical (unpaired) electrons. The van der Waals surface area contributed by atoms with Gasteiger partial charge in [0.2, 0.25) is 0 Å². The summed E-state index contributed by atoms with van der Waals surface area (Å²) in [6.07, 6.45) is 1.80. The monoisotopic (exact) mass is 328 g/mol. The lowest BCUT2D eigenvalue weighted by atomic mass is 9.95. The summed E-state index contributed by atoms with van der Waals surface area (Å²) in [6.45, 7) is 0. The Labute approximate surface area is 147 Å². The van der Waals surface area contributed by atoms with Crippen LogP contribution in [0.3, 0.4) is 0 Å². The van der Waals surface area contributed by atoms with Crippen LogP contribution >= 0.6 is 0 Å². The van der Waals surface area contributed by atoms with Crippen molar-refractivity contribution in [1.29, 1.82) is 0 Å². The SMILES string of the molecule is O=C1c2ccccc2CCC(c2ccccc2)NN1c1ccccc1. The van der Waals surface area contributed by atoms with E-state index in [2.05, 4.69) is 23.6 Å². The predicted octanol–water partition coefficient (Wildman–Crippen LogP) is 4.53.